The van der Waals surface area contributed by atoms with Gasteiger partial charge in [-0.15, -0.1) is 0 Å². The normalized spacial score (nSPS) is 11.7. The Kier molecular flexibility index (Phi) is 3.38. The molecule has 0 amide bonds. The number of rotatable bonds is 3. The van der Waals surface area contributed by atoms with Gasteiger partial charge in [0.2, 0.25) is 0 Å². The van der Waals surface area contributed by atoms with Crippen LogP contribution < -0.4 is 4.72 Å². The number of hydrogen-bond acceptors (Lipinski definition) is 4. The topological polar surface area (TPSA) is 76.4 Å². The maximum absolute atomic E-state index is 13.6. The summed E-state index contributed by atoms with van der Waals surface area (Å²) >= 11 is 3.27. The summed E-state index contributed by atoms with van der Waals surface area (Å²) in [5.41, 5.74) is 0.448. The first-order valence-electron chi connectivity index (χ1n) is 5.74. The molecule has 0 atom stereocenters. The number of nitrogens with zero attached hydrogens (tertiary/aromatic N) is 3. The van der Waals surface area contributed by atoms with E-state index in [-0.39, 0.29) is 5.82 Å². The molecular formula is C12H8BrFN4O2S. The lowest BCUT2D eigenvalue weighted by Gasteiger charge is -2.09. The standard InChI is InChI=1S/C12H8BrFN4O2S/c13-11-6-5-9-12(15-7-16-18(9)11)17-21(19,20)10-4-2-1-3-8(10)14/h1-7H,(H,15,16,17). The second-order valence-electron chi connectivity index (χ2n) is 4.10. The van der Waals surface area contributed by atoms with Gasteiger partial charge in [-0.05, 0) is 40.2 Å². The van der Waals surface area contributed by atoms with Crippen molar-refractivity contribution in [2.45, 2.75) is 4.90 Å². The zero-order valence-corrected chi connectivity index (χ0v) is 12.8. The average molecular weight is 371 g/mol. The highest BCUT2D eigenvalue weighted by Gasteiger charge is 2.20. The van der Waals surface area contributed by atoms with Gasteiger partial charge in [-0.3, -0.25) is 4.72 Å². The van der Waals surface area contributed by atoms with Crippen LogP contribution in [0.3, 0.4) is 0 Å². The fraction of sp³-hybridized carbons (Fsp3) is 0. The summed E-state index contributed by atoms with van der Waals surface area (Å²) < 4.78 is 42.5. The maximum Gasteiger partial charge on any atom is 0.266 e. The zero-order chi connectivity index (χ0) is 15.0. The number of aromatic nitrogens is 3. The van der Waals surface area contributed by atoms with E-state index in [1.165, 1.54) is 29.0 Å². The first-order chi connectivity index (χ1) is 9.99. The van der Waals surface area contributed by atoms with Crippen molar-refractivity contribution in [3.8, 4) is 0 Å². The van der Waals surface area contributed by atoms with Crippen molar-refractivity contribution in [3.63, 3.8) is 0 Å². The van der Waals surface area contributed by atoms with Gasteiger partial charge in [0.1, 0.15) is 27.2 Å². The summed E-state index contributed by atoms with van der Waals surface area (Å²) in [6.07, 6.45) is 1.21. The maximum atomic E-state index is 13.6. The molecule has 108 valence electrons. The largest absolute Gasteiger partial charge is 0.266 e. The molecule has 21 heavy (non-hydrogen) atoms. The van der Waals surface area contributed by atoms with Crippen LogP contribution in [0.25, 0.3) is 5.52 Å². The zero-order valence-electron chi connectivity index (χ0n) is 10.4. The number of benzene rings is 1. The number of sulfonamides is 1. The molecule has 0 unspecified atom stereocenters. The van der Waals surface area contributed by atoms with E-state index in [2.05, 4.69) is 30.7 Å². The summed E-state index contributed by atoms with van der Waals surface area (Å²) in [5.74, 6) is -0.759. The molecule has 0 aliphatic carbocycles. The van der Waals surface area contributed by atoms with Crippen molar-refractivity contribution in [1.29, 1.82) is 0 Å². The monoisotopic (exact) mass is 370 g/mol. The van der Waals surface area contributed by atoms with Gasteiger partial charge in [-0.25, -0.2) is 22.3 Å². The molecule has 3 rings (SSSR count). The highest BCUT2D eigenvalue weighted by molar-refractivity contribution is 9.10. The third-order valence-corrected chi connectivity index (χ3v) is 4.74. The van der Waals surface area contributed by atoms with E-state index in [0.29, 0.717) is 10.1 Å². The minimum atomic E-state index is -4.07. The average Bonchev–Trinajstić information content (AvgIpc) is 2.82. The molecule has 0 spiro atoms. The second-order valence-corrected chi connectivity index (χ2v) is 6.56. The fourth-order valence-corrected chi connectivity index (χ4v) is 3.34. The third kappa shape index (κ3) is 2.49. The number of anilines is 1. The van der Waals surface area contributed by atoms with Crippen LogP contribution in [-0.2, 0) is 10.0 Å². The van der Waals surface area contributed by atoms with Crippen molar-refractivity contribution >= 4 is 37.3 Å². The van der Waals surface area contributed by atoms with Crippen LogP contribution in [0, 0.1) is 5.82 Å². The first kappa shape index (κ1) is 14.0. The molecule has 0 aliphatic rings. The van der Waals surface area contributed by atoms with E-state index >= 15 is 0 Å². The van der Waals surface area contributed by atoms with Gasteiger partial charge in [0.25, 0.3) is 10.0 Å². The third-order valence-electron chi connectivity index (χ3n) is 2.76. The molecule has 0 saturated heterocycles. The molecule has 2 aromatic heterocycles. The molecule has 0 radical (unpaired) electrons. The fourth-order valence-electron chi connectivity index (χ4n) is 1.83. The summed E-state index contributed by atoms with van der Waals surface area (Å²) in [5, 5.41) is 3.97. The lowest BCUT2D eigenvalue weighted by Crippen LogP contribution is -2.16. The molecule has 1 N–H and O–H groups in total. The molecule has 0 bridgehead atoms. The van der Waals surface area contributed by atoms with Gasteiger partial charge in [0, 0.05) is 0 Å². The molecule has 2 heterocycles. The molecule has 3 aromatic rings. The molecule has 0 fully saturated rings. The van der Waals surface area contributed by atoms with Crippen molar-refractivity contribution < 1.29 is 12.8 Å². The number of hydrogen-bond donors (Lipinski definition) is 1. The van der Waals surface area contributed by atoms with Crippen LogP contribution >= 0.6 is 15.9 Å². The summed E-state index contributed by atoms with van der Waals surface area (Å²) in [6, 6.07) is 8.47. The van der Waals surface area contributed by atoms with Crippen LogP contribution in [0.4, 0.5) is 10.2 Å². The number of halogens is 2. The highest BCUT2D eigenvalue weighted by atomic mass is 79.9. The van der Waals surface area contributed by atoms with Gasteiger partial charge < -0.3 is 0 Å². The van der Waals surface area contributed by atoms with Gasteiger partial charge in [-0.1, -0.05) is 12.1 Å². The Labute approximate surface area is 127 Å². The van der Waals surface area contributed by atoms with Crippen LogP contribution in [0.1, 0.15) is 0 Å². The lowest BCUT2D eigenvalue weighted by atomic mass is 10.4. The predicted molar refractivity (Wildman–Crippen MR) is 77.9 cm³/mol. The minimum Gasteiger partial charge on any atom is -0.261 e. The quantitative estimate of drug-likeness (QED) is 0.767. The Bertz CT molecular complexity index is 926. The van der Waals surface area contributed by atoms with Gasteiger partial charge in [0.05, 0.1) is 0 Å². The highest BCUT2D eigenvalue weighted by Crippen LogP contribution is 2.23. The summed E-state index contributed by atoms with van der Waals surface area (Å²) in [7, 11) is -4.07. The Hall–Kier alpha value is -2.00. The molecule has 0 aliphatic heterocycles. The smallest absolute Gasteiger partial charge is 0.261 e. The molecular weight excluding hydrogens is 363 g/mol. The van der Waals surface area contributed by atoms with Crippen molar-refractivity contribution in [3.05, 3.63) is 53.1 Å². The van der Waals surface area contributed by atoms with Crippen molar-refractivity contribution in [2.75, 3.05) is 4.72 Å². The van der Waals surface area contributed by atoms with E-state index < -0.39 is 20.7 Å². The van der Waals surface area contributed by atoms with Crippen molar-refractivity contribution in [2.24, 2.45) is 0 Å². The summed E-state index contributed by atoms with van der Waals surface area (Å²) in [4.78, 5) is 3.46. The van der Waals surface area contributed by atoms with Crippen LogP contribution in [0.2, 0.25) is 0 Å². The Morgan fingerprint density at radius 2 is 1.95 bits per heavy atom. The van der Waals surface area contributed by atoms with E-state index in [9.17, 15) is 12.8 Å². The second kappa shape index (κ2) is 5.08. The molecule has 1 aromatic carbocycles. The van der Waals surface area contributed by atoms with Gasteiger partial charge in [0.15, 0.2) is 5.82 Å². The van der Waals surface area contributed by atoms with Crippen LogP contribution in [0.5, 0.6) is 0 Å². The Morgan fingerprint density at radius 1 is 1.19 bits per heavy atom. The minimum absolute atomic E-state index is 0.0685. The van der Waals surface area contributed by atoms with Gasteiger partial charge in [-0.2, -0.15) is 5.10 Å². The lowest BCUT2D eigenvalue weighted by molar-refractivity contribution is 0.570. The number of fused-ring (bicyclic) bond motifs is 1. The predicted octanol–water partition coefficient (Wildman–Crippen LogP) is 2.43. The summed E-state index contributed by atoms with van der Waals surface area (Å²) in [6.45, 7) is 0. The molecule has 0 saturated carbocycles. The molecule has 6 nitrogen and oxygen atoms in total. The van der Waals surface area contributed by atoms with Crippen LogP contribution in [0.15, 0.2) is 52.2 Å². The molecule has 9 heteroatoms. The van der Waals surface area contributed by atoms with E-state index in [0.717, 1.165) is 6.07 Å². The van der Waals surface area contributed by atoms with Crippen LogP contribution in [-0.4, -0.2) is 23.0 Å². The number of nitrogens with one attached hydrogen (secondary N) is 1. The SMILES string of the molecule is O=S(=O)(Nc1ncnn2c(Br)ccc12)c1ccccc1F. The van der Waals surface area contributed by atoms with Gasteiger partial charge >= 0.3 is 0 Å². The Balaban J connectivity index is 2.08. The van der Waals surface area contributed by atoms with E-state index in [4.69, 9.17) is 0 Å². The first-order valence-corrected chi connectivity index (χ1v) is 8.02. The van der Waals surface area contributed by atoms with E-state index in [1.807, 2.05) is 0 Å². The van der Waals surface area contributed by atoms with Crippen molar-refractivity contribution in [1.82, 2.24) is 14.6 Å². The van der Waals surface area contributed by atoms with E-state index in [1.54, 1.807) is 12.1 Å². The Morgan fingerprint density at radius 3 is 2.71 bits per heavy atom.